The maximum atomic E-state index is 12.1. The summed E-state index contributed by atoms with van der Waals surface area (Å²) in [6.07, 6.45) is 4.50. The second-order valence-electron chi connectivity index (χ2n) is 8.41. The largest absolute Gasteiger partial charge is 0.491 e. The van der Waals surface area contributed by atoms with Crippen molar-refractivity contribution in [3.8, 4) is 11.5 Å². The van der Waals surface area contributed by atoms with E-state index in [1.165, 1.54) is 12.8 Å². The van der Waals surface area contributed by atoms with Crippen molar-refractivity contribution in [3.63, 3.8) is 0 Å². The number of benzene rings is 2. The highest BCUT2D eigenvalue weighted by Gasteiger charge is 2.15. The lowest BCUT2D eigenvalue weighted by atomic mass is 10.2. The number of nitrogens with one attached hydrogen (secondary N) is 2. The van der Waals surface area contributed by atoms with Crippen molar-refractivity contribution in [2.24, 2.45) is 0 Å². The van der Waals surface area contributed by atoms with E-state index in [4.69, 9.17) is 14.2 Å². The molecule has 34 heavy (non-hydrogen) atoms. The van der Waals surface area contributed by atoms with E-state index in [1.807, 2.05) is 30.3 Å². The number of aliphatic hydroxyl groups excluding tert-OH is 1. The molecule has 2 aromatic rings. The van der Waals surface area contributed by atoms with E-state index >= 15 is 0 Å². The van der Waals surface area contributed by atoms with Crippen LogP contribution in [0.25, 0.3) is 0 Å². The summed E-state index contributed by atoms with van der Waals surface area (Å²) >= 11 is 0. The fourth-order valence-corrected chi connectivity index (χ4v) is 4.87. The predicted molar refractivity (Wildman–Crippen MR) is 132 cm³/mol. The van der Waals surface area contributed by atoms with Gasteiger partial charge in [-0.3, -0.25) is 0 Å². The summed E-state index contributed by atoms with van der Waals surface area (Å²) in [4.78, 5) is 0. The Morgan fingerprint density at radius 3 is 2.29 bits per heavy atom. The van der Waals surface area contributed by atoms with Gasteiger partial charge in [-0.2, -0.15) is 0 Å². The van der Waals surface area contributed by atoms with Crippen molar-refractivity contribution in [1.29, 1.82) is 0 Å². The molecular formula is C25H36N2O6S. The van der Waals surface area contributed by atoms with Crippen LogP contribution >= 0.6 is 0 Å². The van der Waals surface area contributed by atoms with Crippen LogP contribution in [0.5, 0.6) is 11.5 Å². The zero-order valence-electron chi connectivity index (χ0n) is 19.5. The van der Waals surface area contributed by atoms with Crippen LogP contribution in [0, 0.1) is 0 Å². The molecule has 188 valence electrons. The van der Waals surface area contributed by atoms with Gasteiger partial charge in [-0.05, 0) is 42.7 Å². The van der Waals surface area contributed by atoms with E-state index in [1.54, 1.807) is 24.3 Å². The molecule has 0 saturated heterocycles. The average molecular weight is 493 g/mol. The molecule has 1 aliphatic carbocycles. The van der Waals surface area contributed by atoms with E-state index in [0.717, 1.165) is 24.2 Å². The van der Waals surface area contributed by atoms with Gasteiger partial charge < -0.3 is 24.6 Å². The van der Waals surface area contributed by atoms with Crippen LogP contribution in [0.3, 0.4) is 0 Å². The van der Waals surface area contributed by atoms with Crippen LogP contribution in [0.2, 0.25) is 0 Å². The molecule has 3 rings (SSSR count). The lowest BCUT2D eigenvalue weighted by Crippen LogP contribution is -2.37. The number of ether oxygens (including phenoxy) is 3. The molecule has 1 fully saturated rings. The Kier molecular flexibility index (Phi) is 11.1. The SMILES string of the molecule is O=S(=O)(Cc1ccccc1)NCCNCC(O)COc1ccc(OCCOC2CCCC2)cc1. The van der Waals surface area contributed by atoms with Gasteiger partial charge in [0.25, 0.3) is 0 Å². The zero-order valence-corrected chi connectivity index (χ0v) is 20.3. The van der Waals surface area contributed by atoms with Crippen LogP contribution < -0.4 is 19.5 Å². The number of hydrogen-bond donors (Lipinski definition) is 3. The first-order valence-electron chi connectivity index (χ1n) is 11.9. The molecular weight excluding hydrogens is 456 g/mol. The molecule has 0 aliphatic heterocycles. The van der Waals surface area contributed by atoms with Crippen LogP contribution in [0.15, 0.2) is 54.6 Å². The molecule has 1 aliphatic rings. The van der Waals surface area contributed by atoms with E-state index in [-0.39, 0.29) is 18.9 Å². The molecule has 3 N–H and O–H groups in total. The first-order valence-corrected chi connectivity index (χ1v) is 13.5. The standard InChI is InChI=1S/C25H36N2O6S/c28-22(18-26-14-15-27-34(29,30)20-21-6-2-1-3-7-21)19-33-25-12-10-24(11-13-25)32-17-16-31-23-8-4-5-9-23/h1-3,6-7,10-13,22-23,26-28H,4-5,8-9,14-20H2. The topological polar surface area (TPSA) is 106 Å². The quantitative estimate of drug-likeness (QED) is 0.309. The van der Waals surface area contributed by atoms with Gasteiger partial charge in [0.15, 0.2) is 0 Å². The van der Waals surface area contributed by atoms with Gasteiger partial charge in [-0.25, -0.2) is 13.1 Å². The molecule has 1 atom stereocenters. The normalized spacial score (nSPS) is 15.3. The minimum absolute atomic E-state index is 0.0532. The molecule has 0 bridgehead atoms. The third-order valence-electron chi connectivity index (χ3n) is 5.48. The third kappa shape index (κ3) is 10.4. The van der Waals surface area contributed by atoms with Crippen molar-refractivity contribution in [2.45, 2.75) is 43.6 Å². The molecule has 0 radical (unpaired) electrons. The number of aliphatic hydroxyl groups is 1. The Bertz CT molecular complexity index is 918. The summed E-state index contributed by atoms with van der Waals surface area (Å²) in [5.41, 5.74) is 0.739. The zero-order chi connectivity index (χ0) is 24.1. The smallest absolute Gasteiger partial charge is 0.215 e. The molecule has 2 aromatic carbocycles. The van der Waals surface area contributed by atoms with Gasteiger partial charge in [0.05, 0.1) is 18.5 Å². The second kappa shape index (κ2) is 14.3. The lowest BCUT2D eigenvalue weighted by molar-refractivity contribution is 0.0382. The van der Waals surface area contributed by atoms with Gasteiger partial charge in [0, 0.05) is 19.6 Å². The summed E-state index contributed by atoms with van der Waals surface area (Å²) in [5, 5.41) is 13.1. The Labute approximate surface area is 202 Å². The van der Waals surface area contributed by atoms with Crippen molar-refractivity contribution in [1.82, 2.24) is 10.0 Å². The first kappa shape index (κ1) is 26.4. The van der Waals surface area contributed by atoms with E-state index < -0.39 is 16.1 Å². The Morgan fingerprint density at radius 2 is 1.59 bits per heavy atom. The molecule has 9 heteroatoms. The number of sulfonamides is 1. The molecule has 0 aromatic heterocycles. The predicted octanol–water partition coefficient (Wildman–Crippen LogP) is 2.47. The first-order chi connectivity index (χ1) is 16.5. The second-order valence-corrected chi connectivity index (χ2v) is 10.2. The minimum atomic E-state index is -3.39. The summed E-state index contributed by atoms with van der Waals surface area (Å²) in [7, 11) is -3.39. The highest BCUT2D eigenvalue weighted by molar-refractivity contribution is 7.88. The maximum Gasteiger partial charge on any atom is 0.215 e. The van der Waals surface area contributed by atoms with Crippen LogP contribution in [0.1, 0.15) is 31.2 Å². The molecule has 1 unspecified atom stereocenters. The van der Waals surface area contributed by atoms with Gasteiger partial charge in [-0.1, -0.05) is 43.2 Å². The molecule has 8 nitrogen and oxygen atoms in total. The van der Waals surface area contributed by atoms with Gasteiger partial charge in [-0.15, -0.1) is 0 Å². The van der Waals surface area contributed by atoms with Crippen LogP contribution in [-0.4, -0.2) is 65.2 Å². The van der Waals surface area contributed by atoms with E-state index in [2.05, 4.69) is 10.0 Å². The molecule has 0 amide bonds. The maximum absolute atomic E-state index is 12.1. The Hall–Kier alpha value is -2.17. The van der Waals surface area contributed by atoms with Crippen LogP contribution in [0.4, 0.5) is 0 Å². The number of rotatable bonds is 16. The Balaban J connectivity index is 1.22. The third-order valence-corrected chi connectivity index (χ3v) is 6.83. The van der Waals surface area contributed by atoms with Crippen molar-refractivity contribution >= 4 is 10.0 Å². The summed E-state index contributed by atoms with van der Waals surface area (Å²) in [5.74, 6) is 1.34. The summed E-state index contributed by atoms with van der Waals surface area (Å²) < 4.78 is 43.8. The van der Waals surface area contributed by atoms with E-state index in [9.17, 15) is 13.5 Å². The molecule has 0 spiro atoms. The fraction of sp³-hybridized carbons (Fsp3) is 0.520. The van der Waals surface area contributed by atoms with Crippen LogP contribution in [-0.2, 0) is 20.5 Å². The van der Waals surface area contributed by atoms with Crippen molar-refractivity contribution in [2.75, 3.05) is 39.5 Å². The summed E-state index contributed by atoms with van der Waals surface area (Å²) in [6, 6.07) is 16.3. The van der Waals surface area contributed by atoms with Gasteiger partial charge in [0.2, 0.25) is 10.0 Å². The van der Waals surface area contributed by atoms with Crippen molar-refractivity contribution < 1.29 is 27.7 Å². The van der Waals surface area contributed by atoms with Gasteiger partial charge >= 0.3 is 0 Å². The fourth-order valence-electron chi connectivity index (χ4n) is 3.72. The Morgan fingerprint density at radius 1 is 0.912 bits per heavy atom. The summed E-state index contributed by atoms with van der Waals surface area (Å²) in [6.45, 7) is 2.18. The molecule has 0 heterocycles. The molecule has 1 saturated carbocycles. The lowest BCUT2D eigenvalue weighted by Gasteiger charge is -2.14. The van der Waals surface area contributed by atoms with Gasteiger partial charge in [0.1, 0.15) is 30.8 Å². The highest BCUT2D eigenvalue weighted by atomic mass is 32.2. The highest BCUT2D eigenvalue weighted by Crippen LogP contribution is 2.21. The monoisotopic (exact) mass is 492 g/mol. The number of hydrogen-bond acceptors (Lipinski definition) is 7. The minimum Gasteiger partial charge on any atom is -0.491 e. The average Bonchev–Trinajstić information content (AvgIpc) is 3.35. The van der Waals surface area contributed by atoms with E-state index in [0.29, 0.717) is 38.2 Å². The van der Waals surface area contributed by atoms with Crippen molar-refractivity contribution in [3.05, 3.63) is 60.2 Å².